The number of benzene rings is 2. The Bertz CT molecular complexity index is 849. The van der Waals surface area contributed by atoms with Gasteiger partial charge in [-0.3, -0.25) is 0 Å². The van der Waals surface area contributed by atoms with Crippen LogP contribution >= 0.6 is 0 Å². The van der Waals surface area contributed by atoms with Crippen molar-refractivity contribution in [3.05, 3.63) is 59.7 Å². The molecular weight excluding hydrogens is 454 g/mol. The fraction of sp³-hybridized carbons (Fsp3) is 0.478. The maximum Gasteiger partial charge on any atom is 0.411 e. The highest BCUT2D eigenvalue weighted by Gasteiger charge is 2.72. The van der Waals surface area contributed by atoms with Crippen LogP contribution in [0.1, 0.15) is 44.2 Å². The van der Waals surface area contributed by atoms with Crippen LogP contribution in [-0.2, 0) is 5.41 Å². The lowest BCUT2D eigenvalue weighted by molar-refractivity contribution is -0.288. The first kappa shape index (κ1) is 26.8. The Morgan fingerprint density at radius 3 is 1.61 bits per heavy atom. The number of halogens is 6. The van der Waals surface area contributed by atoms with E-state index in [1.54, 1.807) is 13.8 Å². The molecule has 2 atom stereocenters. The van der Waals surface area contributed by atoms with E-state index in [0.717, 1.165) is 24.3 Å². The summed E-state index contributed by atoms with van der Waals surface area (Å²) in [7, 11) is 0. The first-order valence-electron chi connectivity index (χ1n) is 10.4. The van der Waals surface area contributed by atoms with Crippen LogP contribution in [0.2, 0.25) is 0 Å². The summed E-state index contributed by atoms with van der Waals surface area (Å²) in [6, 6.07) is 6.74. The first-order valence-corrected chi connectivity index (χ1v) is 10.4. The monoisotopic (exact) mass is 480 g/mol. The lowest BCUT2D eigenvalue weighted by atomic mass is 9.73. The number of aliphatic hydroxyl groups excluding tert-OH is 2. The number of hydrogen-bond donors (Lipinski definition) is 2. The average Bonchev–Trinajstić information content (AvgIpc) is 2.72. The molecule has 2 aromatic carbocycles. The Balaban J connectivity index is 2.50. The fourth-order valence-corrected chi connectivity index (χ4v) is 3.34. The van der Waals surface area contributed by atoms with Crippen molar-refractivity contribution in [2.75, 3.05) is 6.61 Å². The van der Waals surface area contributed by atoms with E-state index in [2.05, 4.69) is 0 Å². The van der Waals surface area contributed by atoms with Gasteiger partial charge in [0, 0.05) is 6.42 Å². The molecule has 0 amide bonds. The summed E-state index contributed by atoms with van der Waals surface area (Å²) in [6.07, 6.45) is -12.3. The molecule has 0 heterocycles. The summed E-state index contributed by atoms with van der Waals surface area (Å²) in [5.74, 6) is -0.0330. The number of alkyl halides is 6. The van der Waals surface area contributed by atoms with Crippen molar-refractivity contribution in [3.8, 4) is 11.5 Å². The van der Waals surface area contributed by atoms with Gasteiger partial charge in [0.05, 0.1) is 6.10 Å². The van der Waals surface area contributed by atoms with E-state index in [1.807, 2.05) is 0 Å². The first-order chi connectivity index (χ1) is 15.4. The van der Waals surface area contributed by atoms with E-state index in [1.165, 1.54) is 0 Å². The van der Waals surface area contributed by atoms with Crippen LogP contribution in [0.3, 0.4) is 0 Å². The van der Waals surface area contributed by atoms with Crippen LogP contribution < -0.4 is 9.47 Å². The van der Waals surface area contributed by atoms with Crippen molar-refractivity contribution in [1.29, 1.82) is 0 Å². The molecular formula is C23H26F6O4. The van der Waals surface area contributed by atoms with Crippen LogP contribution in [0.25, 0.3) is 0 Å². The molecule has 0 saturated carbocycles. The zero-order chi connectivity index (χ0) is 24.9. The lowest BCUT2D eigenvalue weighted by Gasteiger charge is -2.38. The standard InChI is InChI=1S/C23H26F6O4/c1-3-5-20(31)33-19-12-8-16(9-13-19)21(22(24,25)26,23(27,28)29)15-6-10-18(11-7-15)32-14-17(30)4-2/h6-13,17,20,30-31H,3-5,14H2,1-2H3. The second-order valence-corrected chi connectivity index (χ2v) is 7.53. The van der Waals surface area contributed by atoms with Crippen LogP contribution in [0.4, 0.5) is 26.3 Å². The molecule has 2 N–H and O–H groups in total. The lowest BCUT2D eigenvalue weighted by Crippen LogP contribution is -2.54. The molecule has 0 fully saturated rings. The Morgan fingerprint density at radius 2 is 1.21 bits per heavy atom. The summed E-state index contributed by atoms with van der Waals surface area (Å²) in [4.78, 5) is 0. The van der Waals surface area contributed by atoms with Gasteiger partial charge < -0.3 is 19.7 Å². The van der Waals surface area contributed by atoms with Gasteiger partial charge in [-0.2, -0.15) is 26.3 Å². The summed E-state index contributed by atoms with van der Waals surface area (Å²) in [5.41, 5.74) is -6.39. The summed E-state index contributed by atoms with van der Waals surface area (Å²) in [5, 5.41) is 19.2. The Kier molecular flexibility index (Phi) is 8.64. The number of rotatable bonds is 10. The molecule has 0 aliphatic carbocycles. The zero-order valence-electron chi connectivity index (χ0n) is 18.1. The van der Waals surface area contributed by atoms with Crippen molar-refractivity contribution < 1.29 is 46.0 Å². The molecule has 2 aromatic rings. The van der Waals surface area contributed by atoms with Crippen LogP contribution in [0, 0.1) is 0 Å². The third-order valence-corrected chi connectivity index (χ3v) is 5.15. The molecule has 184 valence electrons. The van der Waals surface area contributed by atoms with E-state index in [4.69, 9.17) is 9.47 Å². The van der Waals surface area contributed by atoms with Crippen molar-refractivity contribution >= 4 is 0 Å². The predicted molar refractivity (Wildman–Crippen MR) is 109 cm³/mol. The summed E-state index contributed by atoms with van der Waals surface area (Å²) >= 11 is 0. The smallest absolute Gasteiger partial charge is 0.411 e. The van der Waals surface area contributed by atoms with Crippen molar-refractivity contribution in [1.82, 2.24) is 0 Å². The predicted octanol–water partition coefficient (Wildman–Crippen LogP) is 5.74. The van der Waals surface area contributed by atoms with Gasteiger partial charge >= 0.3 is 12.4 Å². The maximum atomic E-state index is 14.2. The largest absolute Gasteiger partial charge is 0.491 e. The molecule has 4 nitrogen and oxygen atoms in total. The van der Waals surface area contributed by atoms with E-state index in [0.29, 0.717) is 37.1 Å². The zero-order valence-corrected chi connectivity index (χ0v) is 18.1. The molecule has 0 saturated heterocycles. The highest BCUT2D eigenvalue weighted by atomic mass is 19.4. The minimum atomic E-state index is -5.73. The van der Waals surface area contributed by atoms with Crippen molar-refractivity contribution in [2.45, 2.75) is 63.3 Å². The SMILES string of the molecule is CCCC(O)Oc1ccc(C(c2ccc(OCC(O)CC)cc2)(C(F)(F)F)C(F)(F)F)cc1. The second-order valence-electron chi connectivity index (χ2n) is 7.53. The highest BCUT2D eigenvalue weighted by Crippen LogP contribution is 2.56. The van der Waals surface area contributed by atoms with Gasteiger partial charge in [-0.1, -0.05) is 44.5 Å². The fourth-order valence-electron chi connectivity index (χ4n) is 3.34. The quantitative estimate of drug-likeness (QED) is 0.336. The van der Waals surface area contributed by atoms with Crippen molar-refractivity contribution in [2.24, 2.45) is 0 Å². The Morgan fingerprint density at radius 1 is 0.758 bits per heavy atom. The van der Waals surface area contributed by atoms with Gasteiger partial charge in [0.2, 0.25) is 5.41 Å². The molecule has 0 aliphatic heterocycles. The Labute approximate surface area is 187 Å². The molecule has 0 radical (unpaired) electrons. The molecule has 0 spiro atoms. The number of hydrogen-bond acceptors (Lipinski definition) is 4. The molecule has 0 bridgehead atoms. The van der Waals surface area contributed by atoms with Gasteiger partial charge in [-0.15, -0.1) is 0 Å². The molecule has 33 heavy (non-hydrogen) atoms. The average molecular weight is 480 g/mol. The molecule has 0 aliphatic rings. The minimum Gasteiger partial charge on any atom is -0.491 e. The molecule has 2 unspecified atom stereocenters. The Hall–Kier alpha value is -2.46. The molecule has 0 aromatic heterocycles. The second kappa shape index (κ2) is 10.6. The third-order valence-electron chi connectivity index (χ3n) is 5.15. The molecule has 10 heteroatoms. The highest BCUT2D eigenvalue weighted by molar-refractivity contribution is 5.47. The number of ether oxygens (including phenoxy) is 2. The van der Waals surface area contributed by atoms with E-state index in [9.17, 15) is 36.6 Å². The maximum absolute atomic E-state index is 14.2. The van der Waals surface area contributed by atoms with E-state index in [-0.39, 0.29) is 24.5 Å². The van der Waals surface area contributed by atoms with E-state index < -0.39 is 41.3 Å². The van der Waals surface area contributed by atoms with Crippen molar-refractivity contribution in [3.63, 3.8) is 0 Å². The minimum absolute atomic E-state index is 0.0261. The molecule has 2 rings (SSSR count). The third kappa shape index (κ3) is 5.92. The summed E-state index contributed by atoms with van der Waals surface area (Å²) in [6.45, 7) is 3.32. The van der Waals surface area contributed by atoms with Crippen LogP contribution in [0.5, 0.6) is 11.5 Å². The number of aliphatic hydroxyl groups is 2. The van der Waals surface area contributed by atoms with Gasteiger partial charge in [0.25, 0.3) is 0 Å². The van der Waals surface area contributed by atoms with E-state index >= 15 is 0 Å². The normalized spacial score (nSPS) is 14.6. The summed E-state index contributed by atoms with van der Waals surface area (Å²) < 4.78 is 95.5. The van der Waals surface area contributed by atoms with Gasteiger partial charge in [0.15, 0.2) is 6.29 Å². The van der Waals surface area contributed by atoms with Gasteiger partial charge in [-0.05, 0) is 41.8 Å². The topological polar surface area (TPSA) is 58.9 Å². The van der Waals surface area contributed by atoms with Gasteiger partial charge in [0.1, 0.15) is 18.1 Å². The van der Waals surface area contributed by atoms with Gasteiger partial charge in [-0.25, -0.2) is 0 Å². The van der Waals surface area contributed by atoms with Crippen LogP contribution in [-0.4, -0.2) is 41.6 Å². The van der Waals surface area contributed by atoms with Crippen LogP contribution in [0.15, 0.2) is 48.5 Å².